The third-order valence-corrected chi connectivity index (χ3v) is 10.9. The van der Waals surface area contributed by atoms with Crippen molar-refractivity contribution < 1.29 is 38.9 Å². The van der Waals surface area contributed by atoms with Gasteiger partial charge in [0.1, 0.15) is 19.5 Å². The molecule has 0 aliphatic carbocycles. The largest absolute Gasteiger partial charge is 0.477 e. The number of carbonyl (C=O) groups is 4. The maximum absolute atomic E-state index is 11.2. The highest BCUT2D eigenvalue weighted by Crippen LogP contribution is 2.29. The van der Waals surface area contributed by atoms with Crippen LogP contribution in [0.1, 0.15) is 38.7 Å². The molecule has 6 rings (SSSR count). The van der Waals surface area contributed by atoms with Gasteiger partial charge in [-0.2, -0.15) is 0 Å². The fourth-order valence-electron chi connectivity index (χ4n) is 3.30. The number of methoxy groups -OCH3 is 2. The van der Waals surface area contributed by atoms with Gasteiger partial charge in [-0.05, 0) is 116 Å². The normalized spacial score (nSPS) is 9.75. The van der Waals surface area contributed by atoms with Gasteiger partial charge in [0.25, 0.3) is 0 Å². The molecule has 0 aliphatic heterocycles. The van der Waals surface area contributed by atoms with Crippen LogP contribution in [0.5, 0.6) is 0 Å². The minimum absolute atomic E-state index is 0.282. The van der Waals surface area contributed by atoms with Gasteiger partial charge in [-0.1, -0.05) is 0 Å². The summed E-state index contributed by atoms with van der Waals surface area (Å²) in [5.74, 6) is -2.32. The number of carboxylic acid groups (broad SMARTS) is 2. The van der Waals surface area contributed by atoms with Crippen molar-refractivity contribution in [2.45, 2.75) is 0 Å². The third-order valence-electron chi connectivity index (χ3n) is 5.48. The Hall–Kier alpha value is -4.06. The lowest BCUT2D eigenvalue weighted by molar-refractivity contribution is 0.0597. The number of aromatic carboxylic acids is 2. The molecule has 0 unspecified atom stereocenters. The number of pyridine rings is 2. The van der Waals surface area contributed by atoms with E-state index in [1.54, 1.807) is 55.1 Å². The quantitative estimate of drug-likeness (QED) is 0.155. The first-order valence-corrected chi connectivity index (χ1v) is 18.0. The van der Waals surface area contributed by atoms with Gasteiger partial charge in [-0.25, -0.2) is 19.2 Å². The van der Waals surface area contributed by atoms with Gasteiger partial charge >= 0.3 is 23.9 Å². The molecule has 0 radical (unpaired) electrons. The number of thiophene rings is 4. The molecule has 0 fully saturated rings. The van der Waals surface area contributed by atoms with Crippen molar-refractivity contribution in [3.05, 3.63) is 125 Å². The number of nitrogens with zero attached hydrogens (tertiary/aromatic N) is 2. The number of hydrogen-bond acceptors (Lipinski definition) is 12. The summed E-state index contributed by atoms with van der Waals surface area (Å²) in [6, 6.07) is 21.5. The van der Waals surface area contributed by atoms with Crippen LogP contribution in [0.2, 0.25) is 0 Å². The van der Waals surface area contributed by atoms with E-state index in [0.29, 0.717) is 19.5 Å². The molecular weight excluding hydrogens is 828 g/mol. The Morgan fingerprint density at radius 1 is 0.521 bits per heavy atom. The van der Waals surface area contributed by atoms with Gasteiger partial charge in [0.15, 0.2) is 0 Å². The number of carboxylic acids is 2. The third kappa shape index (κ3) is 12.2. The van der Waals surface area contributed by atoms with Crippen LogP contribution < -0.4 is 0 Å². The zero-order chi connectivity index (χ0) is 35.1. The van der Waals surface area contributed by atoms with Gasteiger partial charge in [-0.15, -0.1) is 45.3 Å². The maximum Gasteiger partial charge on any atom is 0.348 e. The Labute approximate surface area is 307 Å². The van der Waals surface area contributed by atoms with E-state index in [1.807, 2.05) is 42.5 Å². The fraction of sp³-hybridized carbons (Fsp3) is 0.0625. The van der Waals surface area contributed by atoms with Crippen LogP contribution in [0, 0.1) is 0 Å². The first-order chi connectivity index (χ1) is 23.0. The van der Waals surface area contributed by atoms with E-state index in [-0.39, 0.29) is 11.9 Å². The fourth-order valence-corrected chi connectivity index (χ4v) is 7.61. The van der Waals surface area contributed by atoms with E-state index in [0.717, 1.165) is 28.5 Å². The molecule has 16 heteroatoms. The molecule has 248 valence electrons. The van der Waals surface area contributed by atoms with Crippen LogP contribution in [0.15, 0.2) is 105 Å². The van der Waals surface area contributed by atoms with E-state index in [4.69, 9.17) is 10.2 Å². The van der Waals surface area contributed by atoms with Gasteiger partial charge in [0.2, 0.25) is 0 Å². The Kier molecular flexibility index (Phi) is 15.7. The summed E-state index contributed by atoms with van der Waals surface area (Å²) < 4.78 is 10.9. The summed E-state index contributed by atoms with van der Waals surface area (Å²) in [5.41, 5.74) is 2.06. The molecule has 10 nitrogen and oxygen atoms in total. The molecule has 0 saturated heterocycles. The van der Waals surface area contributed by atoms with Crippen molar-refractivity contribution >= 4 is 101 Å². The summed E-state index contributed by atoms with van der Waals surface area (Å²) in [5, 5.41) is 17.1. The van der Waals surface area contributed by atoms with Crippen molar-refractivity contribution in [3.63, 3.8) is 0 Å². The molecular formula is C32H24Br2N2O8S4. The van der Waals surface area contributed by atoms with Crippen LogP contribution in [0.4, 0.5) is 0 Å². The molecule has 6 aromatic heterocycles. The predicted octanol–water partition coefficient (Wildman–Crippen LogP) is 9.61. The molecule has 48 heavy (non-hydrogen) atoms. The van der Waals surface area contributed by atoms with Crippen molar-refractivity contribution in [2.75, 3.05) is 14.2 Å². The summed E-state index contributed by atoms with van der Waals surface area (Å²) in [6.07, 6.45) is 6.84. The smallest absolute Gasteiger partial charge is 0.348 e. The van der Waals surface area contributed by atoms with Crippen LogP contribution in [0.3, 0.4) is 0 Å². The second-order valence-corrected chi connectivity index (χ2v) is 15.7. The Morgan fingerprint density at radius 3 is 1.19 bits per heavy atom. The second-order valence-electron chi connectivity index (χ2n) is 8.60. The molecule has 6 heterocycles. The van der Waals surface area contributed by atoms with Crippen molar-refractivity contribution in [1.29, 1.82) is 0 Å². The Bertz CT molecular complexity index is 1940. The minimum Gasteiger partial charge on any atom is -0.477 e. The molecule has 0 saturated carbocycles. The average molecular weight is 853 g/mol. The van der Waals surface area contributed by atoms with Gasteiger partial charge in [-0.3, -0.25) is 9.97 Å². The monoisotopic (exact) mass is 850 g/mol. The lowest BCUT2D eigenvalue weighted by Crippen LogP contribution is -1.96. The lowest BCUT2D eigenvalue weighted by atomic mass is 10.2. The zero-order valence-corrected chi connectivity index (χ0v) is 31.3. The molecule has 2 N–H and O–H groups in total. The van der Waals surface area contributed by atoms with Gasteiger partial charge in [0.05, 0.1) is 21.8 Å². The zero-order valence-electron chi connectivity index (χ0n) is 24.9. The molecule has 0 atom stereocenters. The summed E-state index contributed by atoms with van der Waals surface area (Å²) in [4.78, 5) is 54.7. The van der Waals surface area contributed by atoms with Gasteiger partial charge < -0.3 is 19.7 Å². The molecule has 0 spiro atoms. The molecule has 0 aliphatic rings. The van der Waals surface area contributed by atoms with Gasteiger partial charge in [0, 0.05) is 34.5 Å². The molecule has 6 aromatic rings. The SMILES string of the molecule is COC(=O)c1ccc(-c2ccncc2)s1.COC(=O)c1ccc(Br)s1.O=C(O)c1ccc(-c2ccncc2)s1.O=C(O)c1ccc(Br)s1. The van der Waals surface area contributed by atoms with Crippen LogP contribution >= 0.6 is 77.2 Å². The maximum atomic E-state index is 11.2. The number of carbonyl (C=O) groups excluding carboxylic acids is 2. The Balaban J connectivity index is 0.000000177. The first kappa shape index (κ1) is 38.4. The molecule has 0 bridgehead atoms. The second kappa shape index (κ2) is 19.7. The van der Waals surface area contributed by atoms with Crippen molar-refractivity contribution in [3.8, 4) is 20.9 Å². The van der Waals surface area contributed by atoms with E-state index < -0.39 is 11.9 Å². The van der Waals surface area contributed by atoms with Crippen LogP contribution in [-0.4, -0.2) is 58.3 Å². The first-order valence-electron chi connectivity index (χ1n) is 13.2. The number of halogens is 2. The highest BCUT2D eigenvalue weighted by Gasteiger charge is 2.10. The molecule has 0 amide bonds. The number of ether oxygens (including phenoxy) is 2. The van der Waals surface area contributed by atoms with Crippen LogP contribution in [0.25, 0.3) is 20.9 Å². The van der Waals surface area contributed by atoms with E-state index in [9.17, 15) is 19.2 Å². The topological polar surface area (TPSA) is 153 Å². The average Bonchev–Trinajstić information content (AvgIpc) is 3.93. The highest BCUT2D eigenvalue weighted by atomic mass is 79.9. The Morgan fingerprint density at radius 2 is 0.854 bits per heavy atom. The number of esters is 2. The standard InChI is InChI=1S/C11H9NO2S.C10H7NO2S.C6H5BrO2S.C5H3BrO2S/c1-14-11(13)10-3-2-9(15-10)8-4-6-12-7-5-8;12-10(13)9-2-1-8(14-9)7-3-5-11-6-4-7;1-9-6(8)4-2-3-5(7)10-4;6-4-2-1-3(9-4)5(7)8/h2-7H,1H3;1-6H,(H,12,13);2-3H,1H3;1-2H,(H,7,8). The minimum atomic E-state index is -0.879. The number of aromatic nitrogens is 2. The van der Waals surface area contributed by atoms with Crippen LogP contribution in [-0.2, 0) is 9.47 Å². The summed E-state index contributed by atoms with van der Waals surface area (Å²) in [6.45, 7) is 0. The van der Waals surface area contributed by atoms with E-state index >= 15 is 0 Å². The highest BCUT2D eigenvalue weighted by molar-refractivity contribution is 9.11. The summed E-state index contributed by atoms with van der Waals surface area (Å²) in [7, 11) is 2.75. The van der Waals surface area contributed by atoms with E-state index in [1.165, 1.54) is 59.6 Å². The lowest BCUT2D eigenvalue weighted by Gasteiger charge is -1.94. The van der Waals surface area contributed by atoms with E-state index in [2.05, 4.69) is 51.3 Å². The predicted molar refractivity (Wildman–Crippen MR) is 196 cm³/mol. The van der Waals surface area contributed by atoms with Crippen molar-refractivity contribution in [2.24, 2.45) is 0 Å². The number of hydrogen-bond donors (Lipinski definition) is 2. The molecule has 0 aromatic carbocycles. The summed E-state index contributed by atoms with van der Waals surface area (Å²) >= 11 is 11.7. The number of rotatable bonds is 6. The van der Waals surface area contributed by atoms with Crippen molar-refractivity contribution in [1.82, 2.24) is 9.97 Å².